The molecule has 2 aromatic heterocycles. The van der Waals surface area contributed by atoms with Gasteiger partial charge in [0.25, 0.3) is 0 Å². The number of nitriles is 2. The molecule has 2 heterocycles. The van der Waals surface area contributed by atoms with E-state index in [4.69, 9.17) is 10.8 Å². The quantitative estimate of drug-likeness (QED) is 0.120. The summed E-state index contributed by atoms with van der Waals surface area (Å²) in [6.07, 6.45) is 13.2. The fourth-order valence-corrected chi connectivity index (χ4v) is 8.54. The van der Waals surface area contributed by atoms with Gasteiger partial charge in [-0.05, 0) is 86.1 Å². The molecule has 4 N–H and O–H groups in total. The second kappa shape index (κ2) is 20.1. The van der Waals surface area contributed by atoms with Crippen LogP contribution in [-0.2, 0) is 33.5 Å². The third-order valence-corrected chi connectivity index (χ3v) is 12.1. The van der Waals surface area contributed by atoms with Crippen LogP contribution in [0.2, 0.25) is 0 Å². The number of carboxylic acid groups (broad SMARTS) is 1. The third-order valence-electron chi connectivity index (χ3n) is 12.1. The van der Waals surface area contributed by atoms with Crippen molar-refractivity contribution in [2.75, 3.05) is 0 Å². The SMILES string of the molecule is CC(N)c1ccc(C2(C#N)CCCCC2)cc1.CC(NC(=O)Cn1cnc2ccc(F)c(F)c21)c1ccc(C2(C#N)CCCCC2)cc1.O=C(O)Cn1cnc2ccc(F)c(F)c21. The second-order valence-corrected chi connectivity index (χ2v) is 16.4. The largest absolute Gasteiger partial charge is 0.480 e. The Morgan fingerprint density at radius 1 is 0.683 bits per heavy atom. The van der Waals surface area contributed by atoms with Crippen molar-refractivity contribution in [1.82, 2.24) is 24.4 Å². The van der Waals surface area contributed by atoms with Crippen LogP contribution in [0.4, 0.5) is 17.6 Å². The van der Waals surface area contributed by atoms with Crippen molar-refractivity contribution in [2.24, 2.45) is 5.73 Å². The van der Waals surface area contributed by atoms with E-state index in [2.05, 4.69) is 51.7 Å². The van der Waals surface area contributed by atoms with Gasteiger partial charge in [-0.25, -0.2) is 27.5 Å². The van der Waals surface area contributed by atoms with Crippen molar-refractivity contribution >= 4 is 33.9 Å². The molecule has 0 bridgehead atoms. The molecule has 63 heavy (non-hydrogen) atoms. The molecule has 2 saturated carbocycles. The highest BCUT2D eigenvalue weighted by atomic mass is 19.2. The smallest absolute Gasteiger partial charge is 0.323 e. The van der Waals surface area contributed by atoms with Crippen LogP contribution in [0.25, 0.3) is 22.1 Å². The summed E-state index contributed by atoms with van der Waals surface area (Å²) in [6.45, 7) is 3.23. The Morgan fingerprint density at radius 2 is 1.10 bits per heavy atom. The van der Waals surface area contributed by atoms with Crippen LogP contribution < -0.4 is 11.1 Å². The number of aliphatic carboxylic acids is 1. The summed E-state index contributed by atoms with van der Waals surface area (Å²) in [5, 5.41) is 30.7. The van der Waals surface area contributed by atoms with Crippen molar-refractivity contribution < 1.29 is 32.3 Å². The first-order chi connectivity index (χ1) is 30.2. The Morgan fingerprint density at radius 3 is 1.49 bits per heavy atom. The lowest BCUT2D eigenvalue weighted by Crippen LogP contribution is -2.30. The van der Waals surface area contributed by atoms with Gasteiger partial charge in [-0.1, -0.05) is 87.1 Å². The highest BCUT2D eigenvalue weighted by Gasteiger charge is 2.35. The summed E-state index contributed by atoms with van der Waals surface area (Å²) < 4.78 is 56.2. The standard InChI is InChI=1S/C24H24F2N4O.C15H20N2.C9H6F2N2O2/c1-16(17-5-7-18(8-6-17)24(14-27)11-3-2-4-12-24)29-21(31)13-30-15-28-20-10-9-19(25)22(26)23(20)30;1-12(17)13-5-7-14(8-6-13)15(11-16)9-3-2-4-10-15;10-5-1-2-6-9(8(5)11)13(4-12-6)3-7(14)15/h5-10,15-16H,2-4,11-13H2,1H3,(H,29,31);5-8,12H,2-4,9-10,17H2,1H3;1-2,4H,3H2,(H,14,15). The molecule has 2 atom stereocenters. The first kappa shape index (κ1) is 45.9. The first-order valence-corrected chi connectivity index (χ1v) is 21.1. The van der Waals surface area contributed by atoms with Crippen LogP contribution in [0.15, 0.2) is 85.5 Å². The van der Waals surface area contributed by atoms with E-state index in [0.29, 0.717) is 5.52 Å². The number of nitrogens with two attached hydrogens (primary N) is 1. The van der Waals surface area contributed by atoms with E-state index in [1.165, 1.54) is 60.6 Å². The molecule has 0 radical (unpaired) electrons. The van der Waals surface area contributed by atoms with Crippen molar-refractivity contribution in [1.29, 1.82) is 10.5 Å². The highest BCUT2D eigenvalue weighted by molar-refractivity contribution is 5.81. The summed E-state index contributed by atoms with van der Waals surface area (Å²) in [6, 6.07) is 25.7. The van der Waals surface area contributed by atoms with Gasteiger partial charge in [-0.15, -0.1) is 0 Å². The van der Waals surface area contributed by atoms with Gasteiger partial charge >= 0.3 is 5.97 Å². The van der Waals surface area contributed by atoms with Gasteiger partial charge < -0.3 is 25.3 Å². The number of aromatic nitrogens is 4. The first-order valence-electron chi connectivity index (χ1n) is 21.1. The van der Waals surface area contributed by atoms with Crippen molar-refractivity contribution in [3.63, 3.8) is 0 Å². The summed E-state index contributed by atoms with van der Waals surface area (Å²) in [5.74, 6) is -5.56. The number of nitrogens with zero attached hydrogens (tertiary/aromatic N) is 6. The maximum absolute atomic E-state index is 14.1. The van der Waals surface area contributed by atoms with Crippen molar-refractivity contribution in [3.8, 4) is 12.1 Å². The Labute approximate surface area is 363 Å². The number of rotatable bonds is 9. The lowest BCUT2D eigenvalue weighted by molar-refractivity contribution is -0.137. The second-order valence-electron chi connectivity index (χ2n) is 16.4. The number of imidazole rings is 2. The topological polar surface area (TPSA) is 176 Å². The number of hydrogen-bond acceptors (Lipinski definition) is 7. The Hall–Kier alpha value is -6.58. The van der Waals surface area contributed by atoms with E-state index in [0.717, 1.165) is 71.9 Å². The number of carboxylic acids is 1. The van der Waals surface area contributed by atoms with Crippen molar-refractivity contribution in [2.45, 2.75) is 114 Å². The minimum absolute atomic E-state index is 0.0264. The Bertz CT molecular complexity index is 2630. The minimum atomic E-state index is -1.14. The maximum Gasteiger partial charge on any atom is 0.323 e. The van der Waals surface area contributed by atoms with Gasteiger partial charge in [0.05, 0.1) is 52.7 Å². The molecule has 1 amide bonds. The van der Waals surface area contributed by atoms with Gasteiger partial charge in [-0.3, -0.25) is 9.59 Å². The zero-order chi connectivity index (χ0) is 45.3. The molecular weight excluding hydrogens is 813 g/mol. The van der Waals surface area contributed by atoms with Gasteiger partial charge in [-0.2, -0.15) is 10.5 Å². The number of hydrogen-bond donors (Lipinski definition) is 3. The highest BCUT2D eigenvalue weighted by Crippen LogP contribution is 2.40. The summed E-state index contributed by atoms with van der Waals surface area (Å²) in [7, 11) is 0. The van der Waals surface area contributed by atoms with E-state index < -0.39 is 41.2 Å². The number of halogens is 4. The van der Waals surface area contributed by atoms with Crippen LogP contribution in [0.5, 0.6) is 0 Å². The molecule has 2 aliphatic rings. The minimum Gasteiger partial charge on any atom is -0.480 e. The molecule has 328 valence electrons. The molecule has 0 saturated heterocycles. The zero-order valence-corrected chi connectivity index (χ0v) is 35.3. The van der Waals surface area contributed by atoms with Gasteiger partial charge in [0, 0.05) is 6.04 Å². The summed E-state index contributed by atoms with van der Waals surface area (Å²) >= 11 is 0. The van der Waals surface area contributed by atoms with Crippen molar-refractivity contribution in [3.05, 3.63) is 131 Å². The zero-order valence-electron chi connectivity index (χ0n) is 35.3. The number of amides is 1. The number of carbonyl (C=O) groups excluding carboxylic acids is 1. The van der Waals surface area contributed by atoms with Gasteiger partial charge in [0.1, 0.15) is 24.1 Å². The molecule has 8 rings (SSSR count). The molecule has 15 heteroatoms. The molecule has 2 aliphatic carbocycles. The fourth-order valence-electron chi connectivity index (χ4n) is 8.54. The predicted molar refractivity (Wildman–Crippen MR) is 230 cm³/mol. The molecular formula is C48H50F4N8O3. The van der Waals surface area contributed by atoms with Crippen LogP contribution >= 0.6 is 0 Å². The summed E-state index contributed by atoms with van der Waals surface area (Å²) in [5.41, 5.74) is 9.81. The lowest BCUT2D eigenvalue weighted by Gasteiger charge is -2.31. The molecule has 6 aromatic rings. The molecule has 0 aliphatic heterocycles. The molecule has 11 nitrogen and oxygen atoms in total. The van der Waals surface area contributed by atoms with E-state index in [1.807, 2.05) is 38.1 Å². The number of benzene rings is 4. The average molecular weight is 863 g/mol. The van der Waals surface area contributed by atoms with Gasteiger partial charge in [0.2, 0.25) is 5.91 Å². The molecule has 4 aromatic carbocycles. The lowest BCUT2D eigenvalue weighted by atomic mass is 9.70. The number of carbonyl (C=O) groups is 2. The molecule has 2 fully saturated rings. The van der Waals surface area contributed by atoms with Crippen LogP contribution in [0.1, 0.15) is 112 Å². The predicted octanol–water partition coefficient (Wildman–Crippen LogP) is 9.75. The number of fused-ring (bicyclic) bond motifs is 2. The number of nitrogens with one attached hydrogen (secondary N) is 1. The Balaban J connectivity index is 0.000000174. The average Bonchev–Trinajstić information content (AvgIpc) is 3.90. The monoisotopic (exact) mass is 862 g/mol. The van der Waals surface area contributed by atoms with Crippen LogP contribution in [-0.4, -0.2) is 36.1 Å². The molecule has 0 spiro atoms. The Kier molecular flexibility index (Phi) is 14.6. The maximum atomic E-state index is 14.1. The van der Waals surface area contributed by atoms with Gasteiger partial charge in [0.15, 0.2) is 23.3 Å². The summed E-state index contributed by atoms with van der Waals surface area (Å²) in [4.78, 5) is 30.8. The van der Waals surface area contributed by atoms with E-state index in [-0.39, 0.29) is 46.5 Å². The molecule has 2 unspecified atom stereocenters. The van der Waals surface area contributed by atoms with E-state index in [1.54, 1.807) is 0 Å². The van der Waals surface area contributed by atoms with Crippen LogP contribution in [0, 0.1) is 45.9 Å². The third kappa shape index (κ3) is 10.4. The van der Waals surface area contributed by atoms with E-state index >= 15 is 0 Å². The fraction of sp³-hybridized carbons (Fsp3) is 0.375. The normalized spacial score (nSPS) is 16.3. The van der Waals surface area contributed by atoms with E-state index in [9.17, 15) is 37.7 Å². The van der Waals surface area contributed by atoms with Crippen LogP contribution in [0.3, 0.4) is 0 Å².